The normalized spacial score (nSPS) is 10.5. The molecule has 0 spiro atoms. The van der Waals surface area contributed by atoms with Gasteiger partial charge in [0.05, 0.1) is 13.2 Å². The zero-order valence-corrected chi connectivity index (χ0v) is 9.19. The van der Waals surface area contributed by atoms with Gasteiger partial charge in [-0.3, -0.25) is 4.79 Å². The monoisotopic (exact) mass is 211 g/mol. The number of hydrogen-bond acceptors (Lipinski definition) is 4. The van der Waals surface area contributed by atoms with Crippen LogP contribution < -0.4 is 5.32 Å². The van der Waals surface area contributed by atoms with E-state index in [4.69, 9.17) is 4.74 Å². The summed E-state index contributed by atoms with van der Waals surface area (Å²) >= 11 is 0. The van der Waals surface area contributed by atoms with Crippen molar-refractivity contribution in [2.45, 2.75) is 13.5 Å². The van der Waals surface area contributed by atoms with Crippen LogP contribution in [0.1, 0.15) is 17.5 Å². The van der Waals surface area contributed by atoms with Crippen molar-refractivity contribution >= 4 is 5.78 Å². The molecular weight excluding hydrogens is 194 g/mol. The molecular formula is C10H17N3O2. The number of Topliss-reactive ketones (excluding diaryl/α,β-unsaturated/α-hetero) is 1. The minimum absolute atomic E-state index is 0.0120. The average molecular weight is 211 g/mol. The molecule has 1 rings (SSSR count). The van der Waals surface area contributed by atoms with Crippen LogP contribution in [-0.4, -0.2) is 42.1 Å². The molecule has 84 valence electrons. The first kappa shape index (κ1) is 11.9. The summed E-state index contributed by atoms with van der Waals surface area (Å²) in [5.74, 6) is 0.528. The standard InChI is InChI=1S/C10H17N3O2/c1-3-13-6-4-12-10(13)9(14)8-11-5-7-15-2/h4,6,11H,3,5,7-8H2,1-2H3. The summed E-state index contributed by atoms with van der Waals surface area (Å²) in [6, 6.07) is 0. The lowest BCUT2D eigenvalue weighted by Crippen LogP contribution is -2.28. The van der Waals surface area contributed by atoms with Crippen molar-refractivity contribution in [3.8, 4) is 0 Å². The number of ether oxygens (including phenoxy) is 1. The van der Waals surface area contributed by atoms with Gasteiger partial charge in [-0.1, -0.05) is 0 Å². The Morgan fingerprint density at radius 1 is 1.67 bits per heavy atom. The maximum Gasteiger partial charge on any atom is 0.211 e. The summed E-state index contributed by atoms with van der Waals surface area (Å²) in [6.45, 7) is 4.33. The molecule has 0 aliphatic carbocycles. The number of ketones is 1. The molecule has 0 saturated carbocycles. The third-order valence-corrected chi connectivity index (χ3v) is 2.07. The van der Waals surface area contributed by atoms with Gasteiger partial charge in [-0.2, -0.15) is 0 Å². The Labute approximate surface area is 89.4 Å². The Hall–Kier alpha value is -1.20. The van der Waals surface area contributed by atoms with Crippen molar-refractivity contribution in [2.24, 2.45) is 0 Å². The van der Waals surface area contributed by atoms with Crippen LogP contribution in [0.5, 0.6) is 0 Å². The Kier molecular flexibility index (Phi) is 5.00. The molecule has 0 aromatic carbocycles. The summed E-state index contributed by atoms with van der Waals surface area (Å²) in [7, 11) is 1.63. The predicted octanol–water partition coefficient (Wildman–Crippen LogP) is 0.322. The molecule has 0 amide bonds. The second-order valence-corrected chi connectivity index (χ2v) is 3.13. The minimum Gasteiger partial charge on any atom is -0.383 e. The summed E-state index contributed by atoms with van der Waals surface area (Å²) in [6.07, 6.45) is 3.45. The molecule has 1 aromatic rings. The van der Waals surface area contributed by atoms with Gasteiger partial charge >= 0.3 is 0 Å². The first-order valence-electron chi connectivity index (χ1n) is 5.03. The smallest absolute Gasteiger partial charge is 0.211 e. The third kappa shape index (κ3) is 3.45. The Morgan fingerprint density at radius 2 is 2.47 bits per heavy atom. The minimum atomic E-state index is 0.0120. The van der Waals surface area contributed by atoms with E-state index >= 15 is 0 Å². The number of aryl methyl sites for hydroxylation is 1. The zero-order valence-electron chi connectivity index (χ0n) is 9.19. The SMILES string of the molecule is CCn1ccnc1C(=O)CNCCOC. The van der Waals surface area contributed by atoms with E-state index in [2.05, 4.69) is 10.3 Å². The molecule has 1 heterocycles. The van der Waals surface area contributed by atoms with Crippen molar-refractivity contribution < 1.29 is 9.53 Å². The highest BCUT2D eigenvalue weighted by Gasteiger charge is 2.10. The molecule has 5 nitrogen and oxygen atoms in total. The fourth-order valence-electron chi connectivity index (χ4n) is 1.27. The molecule has 0 aliphatic heterocycles. The maximum absolute atomic E-state index is 11.7. The first-order chi connectivity index (χ1) is 7.29. The van der Waals surface area contributed by atoms with Gasteiger partial charge < -0.3 is 14.6 Å². The predicted molar refractivity (Wildman–Crippen MR) is 57.0 cm³/mol. The number of rotatable bonds is 7. The van der Waals surface area contributed by atoms with E-state index in [0.29, 0.717) is 25.5 Å². The highest BCUT2D eigenvalue weighted by Crippen LogP contribution is 1.97. The molecule has 0 fully saturated rings. The van der Waals surface area contributed by atoms with Crippen molar-refractivity contribution in [2.75, 3.05) is 26.8 Å². The van der Waals surface area contributed by atoms with E-state index in [0.717, 1.165) is 6.54 Å². The average Bonchev–Trinajstić information content (AvgIpc) is 2.72. The van der Waals surface area contributed by atoms with Gasteiger partial charge in [0, 0.05) is 32.6 Å². The number of hydrogen-bond donors (Lipinski definition) is 1. The molecule has 1 N–H and O–H groups in total. The van der Waals surface area contributed by atoms with E-state index in [1.54, 1.807) is 13.3 Å². The lowest BCUT2D eigenvalue weighted by molar-refractivity contribution is 0.0973. The summed E-state index contributed by atoms with van der Waals surface area (Å²) in [4.78, 5) is 15.7. The highest BCUT2D eigenvalue weighted by atomic mass is 16.5. The van der Waals surface area contributed by atoms with Gasteiger partial charge in [0.25, 0.3) is 0 Å². The van der Waals surface area contributed by atoms with Gasteiger partial charge in [-0.25, -0.2) is 4.98 Å². The van der Waals surface area contributed by atoms with E-state index in [9.17, 15) is 4.79 Å². The van der Waals surface area contributed by atoms with Crippen molar-refractivity contribution in [1.29, 1.82) is 0 Å². The van der Waals surface area contributed by atoms with E-state index in [1.165, 1.54) is 0 Å². The van der Waals surface area contributed by atoms with Crippen LogP contribution in [0.25, 0.3) is 0 Å². The maximum atomic E-state index is 11.7. The van der Waals surface area contributed by atoms with Crippen LogP contribution in [0.3, 0.4) is 0 Å². The first-order valence-corrected chi connectivity index (χ1v) is 5.03. The number of nitrogens with zero attached hydrogens (tertiary/aromatic N) is 2. The number of aromatic nitrogens is 2. The summed E-state index contributed by atoms with van der Waals surface area (Å²) in [5, 5.41) is 3.00. The number of nitrogens with one attached hydrogen (secondary N) is 1. The third-order valence-electron chi connectivity index (χ3n) is 2.07. The Morgan fingerprint density at radius 3 is 3.13 bits per heavy atom. The second kappa shape index (κ2) is 6.31. The van der Waals surface area contributed by atoms with E-state index < -0.39 is 0 Å². The molecule has 0 unspecified atom stereocenters. The topological polar surface area (TPSA) is 56.2 Å². The van der Waals surface area contributed by atoms with Crippen LogP contribution in [0.15, 0.2) is 12.4 Å². The highest BCUT2D eigenvalue weighted by molar-refractivity contribution is 5.94. The molecule has 0 aliphatic rings. The van der Waals surface area contributed by atoms with Crippen LogP contribution in [0, 0.1) is 0 Å². The summed E-state index contributed by atoms with van der Waals surface area (Å²) in [5.41, 5.74) is 0. The lowest BCUT2D eigenvalue weighted by Gasteiger charge is -2.04. The largest absolute Gasteiger partial charge is 0.383 e. The van der Waals surface area contributed by atoms with Gasteiger partial charge in [-0.05, 0) is 6.92 Å². The second-order valence-electron chi connectivity index (χ2n) is 3.13. The number of carbonyl (C=O) groups is 1. The fourth-order valence-corrected chi connectivity index (χ4v) is 1.27. The fraction of sp³-hybridized carbons (Fsp3) is 0.600. The van der Waals surface area contributed by atoms with Crippen LogP contribution >= 0.6 is 0 Å². The van der Waals surface area contributed by atoms with Gasteiger partial charge in [-0.15, -0.1) is 0 Å². The number of imidazole rings is 1. The summed E-state index contributed by atoms with van der Waals surface area (Å²) < 4.78 is 6.70. The quantitative estimate of drug-likeness (QED) is 0.521. The van der Waals surface area contributed by atoms with Gasteiger partial charge in [0.2, 0.25) is 5.78 Å². The Bertz CT molecular complexity index is 309. The molecule has 1 aromatic heterocycles. The van der Waals surface area contributed by atoms with Crippen LogP contribution in [0.4, 0.5) is 0 Å². The number of carbonyl (C=O) groups excluding carboxylic acids is 1. The lowest BCUT2D eigenvalue weighted by atomic mass is 10.3. The van der Waals surface area contributed by atoms with E-state index in [-0.39, 0.29) is 5.78 Å². The molecule has 5 heteroatoms. The zero-order chi connectivity index (χ0) is 11.1. The van der Waals surface area contributed by atoms with E-state index in [1.807, 2.05) is 17.7 Å². The molecule has 0 atom stereocenters. The van der Waals surface area contributed by atoms with Crippen molar-refractivity contribution in [3.63, 3.8) is 0 Å². The van der Waals surface area contributed by atoms with Gasteiger partial charge in [0.15, 0.2) is 5.82 Å². The Balaban J connectivity index is 2.40. The van der Waals surface area contributed by atoms with Crippen molar-refractivity contribution in [1.82, 2.24) is 14.9 Å². The van der Waals surface area contributed by atoms with Crippen LogP contribution in [0.2, 0.25) is 0 Å². The van der Waals surface area contributed by atoms with Crippen molar-refractivity contribution in [3.05, 3.63) is 18.2 Å². The number of methoxy groups -OCH3 is 1. The van der Waals surface area contributed by atoms with Gasteiger partial charge in [0.1, 0.15) is 0 Å². The molecule has 0 saturated heterocycles. The molecule has 0 bridgehead atoms. The van der Waals surface area contributed by atoms with Crippen LogP contribution in [-0.2, 0) is 11.3 Å². The molecule has 0 radical (unpaired) electrons. The molecule has 15 heavy (non-hydrogen) atoms.